The predicted molar refractivity (Wildman–Crippen MR) is 56.6 cm³/mol. The molecule has 1 aromatic carbocycles. The fourth-order valence-corrected chi connectivity index (χ4v) is 1.71. The van der Waals surface area contributed by atoms with E-state index in [0.717, 1.165) is 23.3 Å². The van der Waals surface area contributed by atoms with Crippen LogP contribution in [-0.4, -0.2) is 19.6 Å². The average molecular weight is 206 g/mol. The van der Waals surface area contributed by atoms with Gasteiger partial charge in [0.05, 0.1) is 6.61 Å². The number of nitrogens with two attached hydrogens (primary N) is 1. The molecule has 2 rings (SSSR count). The van der Waals surface area contributed by atoms with Crippen LogP contribution in [0, 0.1) is 0 Å². The van der Waals surface area contributed by atoms with Crippen molar-refractivity contribution in [1.29, 1.82) is 0 Å². The molecular weight excluding hydrogens is 192 g/mol. The van der Waals surface area contributed by atoms with Gasteiger partial charge in [0.15, 0.2) is 0 Å². The van der Waals surface area contributed by atoms with E-state index in [0.29, 0.717) is 6.61 Å². The Hall–Kier alpha value is -1.55. The minimum absolute atomic E-state index is 0.172. The van der Waals surface area contributed by atoms with Gasteiger partial charge in [0, 0.05) is 13.5 Å². The number of benzene rings is 1. The maximum atomic E-state index is 11.3. The summed E-state index contributed by atoms with van der Waals surface area (Å²) in [6.45, 7) is 0.716. The number of hydrogen-bond donors (Lipinski definition) is 2. The third-order valence-electron chi connectivity index (χ3n) is 2.60. The second-order valence-corrected chi connectivity index (χ2v) is 3.56. The number of likely N-dealkylation sites (N-methyl/N-ethyl adjacent to an activating group) is 1. The van der Waals surface area contributed by atoms with Crippen LogP contribution < -0.4 is 15.8 Å². The molecule has 3 N–H and O–H groups in total. The summed E-state index contributed by atoms with van der Waals surface area (Å²) in [5.41, 5.74) is 7.75. The van der Waals surface area contributed by atoms with E-state index in [-0.39, 0.29) is 5.91 Å². The molecule has 1 aliphatic rings. The molecule has 0 aliphatic carbocycles. The number of fused-ring (bicyclic) bond motifs is 1. The van der Waals surface area contributed by atoms with E-state index in [1.54, 1.807) is 7.05 Å². The van der Waals surface area contributed by atoms with Gasteiger partial charge in [0.2, 0.25) is 5.91 Å². The molecule has 0 radical (unpaired) electrons. The molecule has 4 heteroatoms. The first-order valence-electron chi connectivity index (χ1n) is 4.95. The minimum atomic E-state index is -0.596. The van der Waals surface area contributed by atoms with Crippen molar-refractivity contribution in [2.45, 2.75) is 12.5 Å². The van der Waals surface area contributed by atoms with Gasteiger partial charge in [-0.2, -0.15) is 0 Å². The number of nitrogens with one attached hydrogen (secondary N) is 1. The summed E-state index contributed by atoms with van der Waals surface area (Å²) in [7, 11) is 1.58. The number of carbonyl (C=O) groups is 1. The molecule has 0 spiro atoms. The normalized spacial score (nSPS) is 15.3. The Morgan fingerprint density at radius 2 is 2.40 bits per heavy atom. The Morgan fingerprint density at radius 3 is 3.13 bits per heavy atom. The smallest absolute Gasteiger partial charge is 0.241 e. The molecule has 1 unspecified atom stereocenters. The molecular formula is C11H14N2O2. The molecule has 1 atom stereocenters. The molecule has 1 aliphatic heterocycles. The van der Waals surface area contributed by atoms with Crippen LogP contribution >= 0.6 is 0 Å². The van der Waals surface area contributed by atoms with E-state index in [2.05, 4.69) is 5.32 Å². The van der Waals surface area contributed by atoms with E-state index < -0.39 is 6.04 Å². The highest BCUT2D eigenvalue weighted by Gasteiger charge is 2.18. The van der Waals surface area contributed by atoms with Crippen molar-refractivity contribution in [1.82, 2.24) is 5.32 Å². The summed E-state index contributed by atoms with van der Waals surface area (Å²) in [6, 6.07) is 5.06. The highest BCUT2D eigenvalue weighted by Crippen LogP contribution is 2.27. The summed E-state index contributed by atoms with van der Waals surface area (Å²) in [5.74, 6) is 0.733. The largest absolute Gasteiger partial charge is 0.493 e. The zero-order valence-electron chi connectivity index (χ0n) is 8.62. The van der Waals surface area contributed by atoms with E-state index in [4.69, 9.17) is 10.5 Å². The molecule has 1 amide bonds. The van der Waals surface area contributed by atoms with Gasteiger partial charge in [0.1, 0.15) is 11.8 Å². The van der Waals surface area contributed by atoms with Gasteiger partial charge in [-0.1, -0.05) is 6.07 Å². The molecule has 0 aromatic heterocycles. The van der Waals surface area contributed by atoms with Crippen molar-refractivity contribution in [3.63, 3.8) is 0 Å². The first kappa shape index (κ1) is 9.98. The average Bonchev–Trinajstić information content (AvgIpc) is 2.73. The Morgan fingerprint density at radius 1 is 1.60 bits per heavy atom. The third kappa shape index (κ3) is 1.80. The summed E-state index contributed by atoms with van der Waals surface area (Å²) in [5, 5.41) is 2.54. The van der Waals surface area contributed by atoms with Crippen LogP contribution in [0.1, 0.15) is 17.2 Å². The van der Waals surface area contributed by atoms with Crippen molar-refractivity contribution in [3.8, 4) is 5.75 Å². The van der Waals surface area contributed by atoms with Crippen LogP contribution in [0.2, 0.25) is 0 Å². The molecule has 0 saturated heterocycles. The predicted octanol–water partition coefficient (Wildman–Crippen LogP) is 0.367. The van der Waals surface area contributed by atoms with Crippen molar-refractivity contribution in [2.75, 3.05) is 13.7 Å². The van der Waals surface area contributed by atoms with Crippen LogP contribution in [0.4, 0.5) is 0 Å². The van der Waals surface area contributed by atoms with E-state index in [1.807, 2.05) is 18.2 Å². The second kappa shape index (κ2) is 3.90. The van der Waals surface area contributed by atoms with Gasteiger partial charge in [-0.05, 0) is 23.3 Å². The number of carbonyl (C=O) groups excluding carboxylic acids is 1. The van der Waals surface area contributed by atoms with E-state index in [1.165, 1.54) is 0 Å². The highest BCUT2D eigenvalue weighted by atomic mass is 16.5. The molecule has 4 nitrogen and oxygen atoms in total. The lowest BCUT2D eigenvalue weighted by Gasteiger charge is -2.11. The first-order chi connectivity index (χ1) is 7.22. The lowest BCUT2D eigenvalue weighted by molar-refractivity contribution is -0.121. The fraction of sp³-hybridized carbons (Fsp3) is 0.364. The lowest BCUT2D eigenvalue weighted by atomic mass is 10.0. The van der Waals surface area contributed by atoms with Crippen LogP contribution in [0.15, 0.2) is 18.2 Å². The molecule has 0 fully saturated rings. The zero-order valence-corrected chi connectivity index (χ0v) is 8.62. The topological polar surface area (TPSA) is 64.4 Å². The first-order valence-corrected chi connectivity index (χ1v) is 4.95. The fourth-order valence-electron chi connectivity index (χ4n) is 1.71. The van der Waals surface area contributed by atoms with Crippen LogP contribution in [-0.2, 0) is 11.2 Å². The monoisotopic (exact) mass is 206 g/mol. The summed E-state index contributed by atoms with van der Waals surface area (Å²) >= 11 is 0. The molecule has 0 bridgehead atoms. The summed E-state index contributed by atoms with van der Waals surface area (Å²) < 4.78 is 5.38. The standard InChI is InChI=1S/C11H14N2O2/c1-13-11(14)10(12)8-2-3-9-7(6-8)4-5-15-9/h2-3,6,10H,4-5,12H2,1H3,(H,13,14). The third-order valence-corrected chi connectivity index (χ3v) is 2.60. The number of amides is 1. The molecule has 1 aromatic rings. The van der Waals surface area contributed by atoms with Crippen LogP contribution in [0.5, 0.6) is 5.75 Å². The van der Waals surface area contributed by atoms with Gasteiger partial charge in [-0.25, -0.2) is 0 Å². The van der Waals surface area contributed by atoms with Crippen molar-refractivity contribution in [3.05, 3.63) is 29.3 Å². The van der Waals surface area contributed by atoms with Crippen molar-refractivity contribution < 1.29 is 9.53 Å². The second-order valence-electron chi connectivity index (χ2n) is 3.56. The number of rotatable bonds is 2. The van der Waals surface area contributed by atoms with Gasteiger partial charge in [0.25, 0.3) is 0 Å². The maximum Gasteiger partial charge on any atom is 0.241 e. The molecule has 1 heterocycles. The minimum Gasteiger partial charge on any atom is -0.493 e. The Bertz CT molecular complexity index is 390. The van der Waals surface area contributed by atoms with Crippen LogP contribution in [0.3, 0.4) is 0 Å². The van der Waals surface area contributed by atoms with E-state index >= 15 is 0 Å². The van der Waals surface area contributed by atoms with Crippen LogP contribution in [0.25, 0.3) is 0 Å². The number of hydrogen-bond acceptors (Lipinski definition) is 3. The quantitative estimate of drug-likeness (QED) is 0.734. The molecule has 80 valence electrons. The lowest BCUT2D eigenvalue weighted by Crippen LogP contribution is -2.31. The Balaban J connectivity index is 2.26. The SMILES string of the molecule is CNC(=O)C(N)c1ccc2c(c1)CCO2. The summed E-state index contributed by atoms with van der Waals surface area (Å²) in [4.78, 5) is 11.3. The molecule has 15 heavy (non-hydrogen) atoms. The zero-order chi connectivity index (χ0) is 10.8. The molecule has 0 saturated carbocycles. The van der Waals surface area contributed by atoms with Crippen molar-refractivity contribution >= 4 is 5.91 Å². The van der Waals surface area contributed by atoms with Crippen molar-refractivity contribution in [2.24, 2.45) is 5.73 Å². The van der Waals surface area contributed by atoms with E-state index in [9.17, 15) is 4.79 Å². The van der Waals surface area contributed by atoms with Gasteiger partial charge in [-0.15, -0.1) is 0 Å². The van der Waals surface area contributed by atoms with Gasteiger partial charge < -0.3 is 15.8 Å². The van der Waals surface area contributed by atoms with Gasteiger partial charge in [-0.3, -0.25) is 4.79 Å². The Kier molecular flexibility index (Phi) is 2.60. The highest BCUT2D eigenvalue weighted by molar-refractivity contribution is 5.82. The number of ether oxygens (including phenoxy) is 1. The maximum absolute atomic E-state index is 11.3. The van der Waals surface area contributed by atoms with Gasteiger partial charge >= 0.3 is 0 Å². The summed E-state index contributed by atoms with van der Waals surface area (Å²) in [6.07, 6.45) is 0.892. The Labute approximate surface area is 88.4 Å².